The zero-order valence-corrected chi connectivity index (χ0v) is 14.6. The first-order valence-electron chi connectivity index (χ1n) is 8.09. The summed E-state index contributed by atoms with van der Waals surface area (Å²) in [6.45, 7) is 3.82. The van der Waals surface area contributed by atoms with Crippen molar-refractivity contribution in [3.63, 3.8) is 0 Å². The molecule has 0 bridgehead atoms. The second-order valence-electron chi connectivity index (χ2n) is 5.26. The fourth-order valence-electron chi connectivity index (χ4n) is 2.09. The van der Waals surface area contributed by atoms with E-state index in [4.69, 9.17) is 0 Å². The van der Waals surface area contributed by atoms with E-state index in [0.29, 0.717) is 18.1 Å². The average molecular weight is 324 g/mol. The standard InChI is InChI=1S/C17H29N3OS/c1-3-4-5-9-12-19-17(18-2)20-13-14-22(21)15-16-10-7-6-8-11-16/h6-8,10-11H,3-5,9,12-15H2,1-2H3,(H2,18,19,20). The smallest absolute Gasteiger partial charge is 0.191 e. The van der Waals surface area contributed by atoms with Gasteiger partial charge in [-0.3, -0.25) is 9.20 Å². The molecule has 0 aliphatic heterocycles. The fraction of sp³-hybridized carbons (Fsp3) is 0.588. The molecule has 5 heteroatoms. The van der Waals surface area contributed by atoms with Crippen LogP contribution >= 0.6 is 0 Å². The number of benzene rings is 1. The van der Waals surface area contributed by atoms with Crippen LogP contribution in [0, 0.1) is 0 Å². The van der Waals surface area contributed by atoms with Crippen molar-refractivity contribution in [1.82, 2.24) is 10.6 Å². The largest absolute Gasteiger partial charge is 0.356 e. The number of aliphatic imine (C=N–C) groups is 1. The van der Waals surface area contributed by atoms with Crippen LogP contribution in [0.25, 0.3) is 0 Å². The topological polar surface area (TPSA) is 53.5 Å². The third kappa shape index (κ3) is 8.82. The molecule has 2 N–H and O–H groups in total. The molecule has 0 heterocycles. The van der Waals surface area contributed by atoms with Crippen molar-refractivity contribution in [2.45, 2.75) is 38.4 Å². The van der Waals surface area contributed by atoms with Gasteiger partial charge < -0.3 is 10.6 Å². The fourth-order valence-corrected chi connectivity index (χ4v) is 3.13. The van der Waals surface area contributed by atoms with E-state index in [-0.39, 0.29) is 0 Å². The Kier molecular flexibility index (Phi) is 10.4. The Bertz CT molecular complexity index is 448. The van der Waals surface area contributed by atoms with Gasteiger partial charge in [0.15, 0.2) is 5.96 Å². The molecule has 0 saturated heterocycles. The number of hydrogen-bond donors (Lipinski definition) is 2. The second-order valence-corrected chi connectivity index (χ2v) is 6.84. The molecule has 0 fully saturated rings. The first kappa shape index (κ1) is 18.7. The van der Waals surface area contributed by atoms with Gasteiger partial charge in [0.05, 0.1) is 0 Å². The zero-order valence-electron chi connectivity index (χ0n) is 13.8. The summed E-state index contributed by atoms with van der Waals surface area (Å²) in [6, 6.07) is 9.97. The molecule has 1 unspecified atom stereocenters. The van der Waals surface area contributed by atoms with Crippen LogP contribution in [-0.4, -0.2) is 36.1 Å². The third-order valence-corrected chi connectivity index (χ3v) is 4.65. The van der Waals surface area contributed by atoms with Crippen molar-refractivity contribution in [3.05, 3.63) is 35.9 Å². The van der Waals surface area contributed by atoms with E-state index in [1.165, 1.54) is 19.3 Å². The second kappa shape index (κ2) is 12.2. The highest BCUT2D eigenvalue weighted by molar-refractivity contribution is 7.84. The molecule has 1 aromatic carbocycles. The van der Waals surface area contributed by atoms with Gasteiger partial charge in [0.1, 0.15) is 0 Å². The molecule has 4 nitrogen and oxygen atoms in total. The summed E-state index contributed by atoms with van der Waals surface area (Å²) in [6.07, 6.45) is 4.95. The minimum absolute atomic E-state index is 0.617. The van der Waals surface area contributed by atoms with Crippen molar-refractivity contribution in [1.29, 1.82) is 0 Å². The number of guanidine groups is 1. The lowest BCUT2D eigenvalue weighted by molar-refractivity contribution is 0.648. The van der Waals surface area contributed by atoms with Crippen molar-refractivity contribution in [2.75, 3.05) is 25.9 Å². The van der Waals surface area contributed by atoms with Crippen LogP contribution in [0.3, 0.4) is 0 Å². The molecule has 1 rings (SSSR count). The lowest BCUT2D eigenvalue weighted by Crippen LogP contribution is -2.39. The molecule has 1 atom stereocenters. The quantitative estimate of drug-likeness (QED) is 0.395. The molecule has 0 aromatic heterocycles. The minimum atomic E-state index is -0.845. The van der Waals surface area contributed by atoms with Crippen molar-refractivity contribution in [2.24, 2.45) is 4.99 Å². The highest BCUT2D eigenvalue weighted by Gasteiger charge is 2.02. The van der Waals surface area contributed by atoms with Crippen LogP contribution in [0.4, 0.5) is 0 Å². The Morgan fingerprint density at radius 2 is 1.82 bits per heavy atom. The zero-order chi connectivity index (χ0) is 16.0. The van der Waals surface area contributed by atoms with Gasteiger partial charge >= 0.3 is 0 Å². The number of nitrogens with zero attached hydrogens (tertiary/aromatic N) is 1. The molecule has 0 amide bonds. The maximum Gasteiger partial charge on any atom is 0.191 e. The maximum absolute atomic E-state index is 12.0. The van der Waals surface area contributed by atoms with Crippen LogP contribution in [0.5, 0.6) is 0 Å². The summed E-state index contributed by atoms with van der Waals surface area (Å²) >= 11 is 0. The van der Waals surface area contributed by atoms with Gasteiger partial charge in [0.2, 0.25) is 0 Å². The summed E-state index contributed by atoms with van der Waals surface area (Å²) < 4.78 is 12.0. The molecule has 22 heavy (non-hydrogen) atoms. The predicted molar refractivity (Wildman–Crippen MR) is 96.7 cm³/mol. The molecule has 0 saturated carbocycles. The first-order chi connectivity index (χ1) is 10.8. The Hall–Kier alpha value is -1.36. The van der Waals surface area contributed by atoms with E-state index in [0.717, 1.165) is 24.5 Å². The number of hydrogen-bond acceptors (Lipinski definition) is 2. The van der Waals surface area contributed by atoms with Crippen LogP contribution in [0.1, 0.15) is 38.2 Å². The van der Waals surface area contributed by atoms with Gasteiger partial charge in [0.25, 0.3) is 0 Å². The van der Waals surface area contributed by atoms with Crippen molar-refractivity contribution < 1.29 is 4.21 Å². The normalized spacial score (nSPS) is 12.9. The minimum Gasteiger partial charge on any atom is -0.356 e. The van der Waals surface area contributed by atoms with Crippen molar-refractivity contribution in [3.8, 4) is 0 Å². The van der Waals surface area contributed by atoms with E-state index in [9.17, 15) is 4.21 Å². The molecule has 1 aromatic rings. The molecule has 124 valence electrons. The predicted octanol–water partition coefficient (Wildman–Crippen LogP) is 2.68. The maximum atomic E-state index is 12.0. The average Bonchev–Trinajstić information content (AvgIpc) is 2.54. The van der Waals surface area contributed by atoms with E-state index >= 15 is 0 Å². The Labute approximate surface area is 137 Å². The molecule has 0 aliphatic rings. The highest BCUT2D eigenvalue weighted by Crippen LogP contribution is 2.02. The molecular formula is C17H29N3OS. The lowest BCUT2D eigenvalue weighted by Gasteiger charge is -2.11. The van der Waals surface area contributed by atoms with Crippen LogP contribution in [-0.2, 0) is 16.6 Å². The Morgan fingerprint density at radius 1 is 1.09 bits per heavy atom. The summed E-state index contributed by atoms with van der Waals surface area (Å²) in [5.74, 6) is 2.05. The number of nitrogens with one attached hydrogen (secondary N) is 2. The van der Waals surface area contributed by atoms with Crippen molar-refractivity contribution >= 4 is 16.8 Å². The van der Waals surface area contributed by atoms with Gasteiger partial charge in [-0.15, -0.1) is 0 Å². The van der Waals surface area contributed by atoms with E-state index in [1.807, 2.05) is 30.3 Å². The van der Waals surface area contributed by atoms with E-state index in [2.05, 4.69) is 22.5 Å². The number of rotatable bonds is 10. The van der Waals surface area contributed by atoms with Gasteiger partial charge in [-0.05, 0) is 12.0 Å². The summed E-state index contributed by atoms with van der Waals surface area (Å²) in [4.78, 5) is 4.18. The molecule has 0 spiro atoms. The van der Waals surface area contributed by atoms with Crippen LogP contribution in [0.15, 0.2) is 35.3 Å². The van der Waals surface area contributed by atoms with E-state index in [1.54, 1.807) is 7.05 Å². The summed E-state index contributed by atoms with van der Waals surface area (Å²) in [5, 5.41) is 6.51. The first-order valence-corrected chi connectivity index (χ1v) is 9.58. The summed E-state index contributed by atoms with van der Waals surface area (Å²) in [5.41, 5.74) is 1.12. The van der Waals surface area contributed by atoms with Gasteiger partial charge in [-0.2, -0.15) is 0 Å². The SMILES string of the molecule is CCCCCCNC(=NC)NCCS(=O)Cc1ccccc1. The number of unbranched alkanes of at least 4 members (excludes halogenated alkanes) is 3. The van der Waals surface area contributed by atoms with Gasteiger partial charge in [-0.1, -0.05) is 56.5 Å². The van der Waals surface area contributed by atoms with Gasteiger partial charge in [0, 0.05) is 42.4 Å². The Morgan fingerprint density at radius 3 is 2.50 bits per heavy atom. The van der Waals surface area contributed by atoms with Gasteiger partial charge in [-0.25, -0.2) is 0 Å². The van der Waals surface area contributed by atoms with Crippen LogP contribution < -0.4 is 10.6 Å². The molecule has 0 radical (unpaired) electrons. The molecular weight excluding hydrogens is 294 g/mol. The lowest BCUT2D eigenvalue weighted by atomic mass is 10.2. The monoisotopic (exact) mass is 323 g/mol. The summed E-state index contributed by atoms with van der Waals surface area (Å²) in [7, 11) is 0.921. The van der Waals surface area contributed by atoms with Crippen LogP contribution in [0.2, 0.25) is 0 Å². The molecule has 0 aliphatic carbocycles. The highest BCUT2D eigenvalue weighted by atomic mass is 32.2. The third-order valence-electron chi connectivity index (χ3n) is 3.34. The Balaban J connectivity index is 2.14. The van der Waals surface area contributed by atoms with E-state index < -0.39 is 10.8 Å².